The Hall–Kier alpha value is -0.870. The van der Waals surface area contributed by atoms with E-state index in [1.54, 1.807) is 12.2 Å². The van der Waals surface area contributed by atoms with Crippen LogP contribution in [-0.4, -0.2) is 35.5 Å². The molecule has 2 atom stereocenters. The lowest BCUT2D eigenvalue weighted by atomic mass is 10.0. The maximum absolute atomic E-state index is 11.0. The van der Waals surface area contributed by atoms with E-state index in [1.165, 1.54) is 32.8 Å². The minimum atomic E-state index is -0.450. The standard InChI is InChI=1S/C21H40O4/c1-3-4-5-8-11-14-19(22)17-18-20(23)15-12-9-6-7-10-13-16-21(24)25-2/h17-20,22-23H,3-16H2,1-2H3/b18-17+/t19-,20+/m0/s1. The number of carbonyl (C=O) groups is 1. The Morgan fingerprint density at radius 1 is 0.800 bits per heavy atom. The number of ether oxygens (including phenoxy) is 1. The van der Waals surface area contributed by atoms with Gasteiger partial charge in [0.25, 0.3) is 0 Å². The molecular weight excluding hydrogens is 316 g/mol. The minimum Gasteiger partial charge on any atom is -0.469 e. The topological polar surface area (TPSA) is 66.8 Å². The van der Waals surface area contributed by atoms with E-state index < -0.39 is 12.2 Å². The predicted octanol–water partition coefficient (Wildman–Crippen LogP) is 4.92. The van der Waals surface area contributed by atoms with E-state index in [-0.39, 0.29) is 5.97 Å². The predicted molar refractivity (Wildman–Crippen MR) is 103 cm³/mol. The smallest absolute Gasteiger partial charge is 0.305 e. The van der Waals surface area contributed by atoms with Gasteiger partial charge in [-0.2, -0.15) is 0 Å². The second-order valence-electron chi connectivity index (χ2n) is 6.96. The summed E-state index contributed by atoms with van der Waals surface area (Å²) in [5.41, 5.74) is 0. The van der Waals surface area contributed by atoms with E-state index in [9.17, 15) is 15.0 Å². The van der Waals surface area contributed by atoms with Crippen molar-refractivity contribution in [2.75, 3.05) is 7.11 Å². The molecule has 0 spiro atoms. The molecule has 0 bridgehead atoms. The van der Waals surface area contributed by atoms with Gasteiger partial charge in [0, 0.05) is 6.42 Å². The zero-order valence-corrected chi connectivity index (χ0v) is 16.4. The molecule has 0 aliphatic carbocycles. The number of methoxy groups -OCH3 is 1. The van der Waals surface area contributed by atoms with Crippen LogP contribution in [0.5, 0.6) is 0 Å². The quantitative estimate of drug-likeness (QED) is 0.220. The third-order valence-corrected chi connectivity index (χ3v) is 4.52. The highest BCUT2D eigenvalue weighted by Crippen LogP contribution is 2.12. The molecule has 0 aliphatic heterocycles. The number of hydrogen-bond donors (Lipinski definition) is 2. The number of esters is 1. The van der Waals surface area contributed by atoms with Crippen molar-refractivity contribution in [2.45, 2.75) is 109 Å². The van der Waals surface area contributed by atoms with Crippen LogP contribution in [0, 0.1) is 0 Å². The van der Waals surface area contributed by atoms with Gasteiger partial charge in [0.2, 0.25) is 0 Å². The lowest BCUT2D eigenvalue weighted by Crippen LogP contribution is -2.06. The van der Waals surface area contributed by atoms with Gasteiger partial charge >= 0.3 is 5.97 Å². The number of rotatable bonds is 17. The summed E-state index contributed by atoms with van der Waals surface area (Å²) < 4.78 is 4.61. The summed E-state index contributed by atoms with van der Waals surface area (Å²) in [6.45, 7) is 2.20. The molecule has 0 saturated heterocycles. The number of aliphatic hydroxyl groups is 2. The molecule has 4 nitrogen and oxygen atoms in total. The van der Waals surface area contributed by atoms with Crippen molar-refractivity contribution in [1.82, 2.24) is 0 Å². The van der Waals surface area contributed by atoms with E-state index in [4.69, 9.17) is 0 Å². The molecule has 0 aliphatic rings. The van der Waals surface area contributed by atoms with Gasteiger partial charge in [-0.15, -0.1) is 0 Å². The molecule has 0 aromatic rings. The molecule has 0 radical (unpaired) electrons. The zero-order valence-electron chi connectivity index (χ0n) is 16.4. The highest BCUT2D eigenvalue weighted by molar-refractivity contribution is 5.68. The molecule has 0 aromatic heterocycles. The van der Waals surface area contributed by atoms with Crippen LogP contribution in [0.25, 0.3) is 0 Å². The first-order chi connectivity index (χ1) is 12.1. The third-order valence-electron chi connectivity index (χ3n) is 4.52. The van der Waals surface area contributed by atoms with Crippen LogP contribution in [0.3, 0.4) is 0 Å². The molecule has 0 fully saturated rings. The van der Waals surface area contributed by atoms with E-state index >= 15 is 0 Å². The van der Waals surface area contributed by atoms with Crippen LogP contribution >= 0.6 is 0 Å². The summed E-state index contributed by atoms with van der Waals surface area (Å²) in [6, 6.07) is 0. The van der Waals surface area contributed by atoms with Crippen molar-refractivity contribution in [2.24, 2.45) is 0 Å². The van der Waals surface area contributed by atoms with Crippen molar-refractivity contribution < 1.29 is 19.7 Å². The Bertz CT molecular complexity index is 328. The fourth-order valence-corrected chi connectivity index (χ4v) is 2.84. The SMILES string of the molecule is CCCCCCC[C@H](O)/C=C/[C@H](O)CCCCCCCCC(=O)OC. The molecule has 0 unspecified atom stereocenters. The van der Waals surface area contributed by atoms with Crippen molar-refractivity contribution in [3.63, 3.8) is 0 Å². The normalized spacial score (nSPS) is 13.9. The van der Waals surface area contributed by atoms with Crippen LogP contribution in [0.15, 0.2) is 12.2 Å². The molecule has 0 heterocycles. The second-order valence-corrected chi connectivity index (χ2v) is 6.96. The molecule has 0 rings (SSSR count). The third kappa shape index (κ3) is 17.7. The maximum Gasteiger partial charge on any atom is 0.305 e. The van der Waals surface area contributed by atoms with Gasteiger partial charge in [-0.1, -0.05) is 83.3 Å². The van der Waals surface area contributed by atoms with Gasteiger partial charge in [-0.05, 0) is 19.3 Å². The molecule has 0 saturated carbocycles. The highest BCUT2D eigenvalue weighted by atomic mass is 16.5. The number of unbranched alkanes of at least 4 members (excludes halogenated alkanes) is 9. The molecule has 0 aromatic carbocycles. The summed E-state index contributed by atoms with van der Waals surface area (Å²) in [4.78, 5) is 11.0. The minimum absolute atomic E-state index is 0.127. The van der Waals surface area contributed by atoms with Gasteiger partial charge in [-0.25, -0.2) is 0 Å². The Morgan fingerprint density at radius 2 is 1.24 bits per heavy atom. The molecular formula is C21H40O4. The Morgan fingerprint density at radius 3 is 1.72 bits per heavy atom. The van der Waals surface area contributed by atoms with E-state index in [1.807, 2.05) is 0 Å². The molecule has 2 N–H and O–H groups in total. The Balaban J connectivity index is 3.47. The number of aliphatic hydroxyl groups excluding tert-OH is 2. The average Bonchev–Trinajstić information content (AvgIpc) is 2.61. The van der Waals surface area contributed by atoms with Gasteiger partial charge in [0.05, 0.1) is 19.3 Å². The monoisotopic (exact) mass is 356 g/mol. The second kappa shape index (κ2) is 17.9. The maximum atomic E-state index is 11.0. The van der Waals surface area contributed by atoms with Crippen LogP contribution in [0.2, 0.25) is 0 Å². The van der Waals surface area contributed by atoms with Crippen molar-refractivity contribution in [1.29, 1.82) is 0 Å². The van der Waals surface area contributed by atoms with Gasteiger partial charge in [0.15, 0.2) is 0 Å². The van der Waals surface area contributed by atoms with E-state index in [0.717, 1.165) is 57.8 Å². The first-order valence-corrected chi connectivity index (χ1v) is 10.2. The van der Waals surface area contributed by atoms with Crippen LogP contribution in [0.1, 0.15) is 96.8 Å². The average molecular weight is 357 g/mol. The number of carbonyl (C=O) groups excluding carboxylic acids is 1. The first kappa shape index (κ1) is 24.1. The largest absolute Gasteiger partial charge is 0.469 e. The molecule has 0 amide bonds. The fraction of sp³-hybridized carbons (Fsp3) is 0.857. The lowest BCUT2D eigenvalue weighted by molar-refractivity contribution is -0.140. The van der Waals surface area contributed by atoms with Gasteiger partial charge in [0.1, 0.15) is 0 Å². The molecule has 148 valence electrons. The first-order valence-electron chi connectivity index (χ1n) is 10.2. The highest BCUT2D eigenvalue weighted by Gasteiger charge is 2.03. The lowest BCUT2D eigenvalue weighted by Gasteiger charge is -2.08. The Labute approximate surface area is 154 Å². The van der Waals surface area contributed by atoms with E-state index in [2.05, 4.69) is 11.7 Å². The van der Waals surface area contributed by atoms with Crippen molar-refractivity contribution in [3.8, 4) is 0 Å². The summed E-state index contributed by atoms with van der Waals surface area (Å²) in [6.07, 6.45) is 17.0. The van der Waals surface area contributed by atoms with Crippen LogP contribution in [0.4, 0.5) is 0 Å². The Kier molecular flexibility index (Phi) is 17.3. The molecule has 25 heavy (non-hydrogen) atoms. The zero-order chi connectivity index (χ0) is 18.8. The summed E-state index contributed by atoms with van der Waals surface area (Å²) in [5.74, 6) is -0.127. The fourth-order valence-electron chi connectivity index (χ4n) is 2.84. The number of hydrogen-bond acceptors (Lipinski definition) is 4. The van der Waals surface area contributed by atoms with Crippen LogP contribution < -0.4 is 0 Å². The summed E-state index contributed by atoms with van der Waals surface area (Å²) >= 11 is 0. The van der Waals surface area contributed by atoms with Gasteiger partial charge in [-0.3, -0.25) is 4.79 Å². The summed E-state index contributed by atoms with van der Waals surface area (Å²) in [7, 11) is 1.43. The van der Waals surface area contributed by atoms with Gasteiger partial charge < -0.3 is 14.9 Å². The van der Waals surface area contributed by atoms with Crippen LogP contribution in [-0.2, 0) is 9.53 Å². The molecule has 4 heteroatoms. The van der Waals surface area contributed by atoms with Crippen molar-refractivity contribution >= 4 is 5.97 Å². The van der Waals surface area contributed by atoms with Crippen molar-refractivity contribution in [3.05, 3.63) is 12.2 Å². The van der Waals surface area contributed by atoms with E-state index in [0.29, 0.717) is 6.42 Å². The summed E-state index contributed by atoms with van der Waals surface area (Å²) in [5, 5.41) is 19.8.